The van der Waals surface area contributed by atoms with Gasteiger partial charge in [0.1, 0.15) is 35.2 Å². The van der Waals surface area contributed by atoms with Gasteiger partial charge < -0.3 is 0 Å². The molecule has 3 fully saturated rings. The summed E-state index contributed by atoms with van der Waals surface area (Å²) in [6.07, 6.45) is 19.6. The van der Waals surface area contributed by atoms with Gasteiger partial charge in [0.05, 0.1) is 0 Å². The van der Waals surface area contributed by atoms with Gasteiger partial charge in [-0.15, -0.1) is 0 Å². The third-order valence-corrected chi connectivity index (χ3v) is 19.5. The molecule has 3 saturated carbocycles. The molecule has 93 heavy (non-hydrogen) atoms. The Balaban J connectivity index is 0.000000155. The van der Waals surface area contributed by atoms with Crippen molar-refractivity contribution >= 4 is 0 Å². The Labute approximate surface area is 581 Å². The molecule has 13 rings (SSSR count). The largest absolute Gasteiger partial charge is 0.212 e. The van der Waals surface area contributed by atoms with E-state index in [-0.39, 0.29) is 17.2 Å². The number of benzene rings is 5. The molecule has 3 aliphatic rings. The molecule has 482 valence electrons. The zero-order valence-corrected chi connectivity index (χ0v) is 58.0. The van der Waals surface area contributed by atoms with E-state index in [4.69, 9.17) is 19.2 Å². The lowest BCUT2D eigenvalue weighted by atomic mass is 9.92. The maximum absolute atomic E-state index is 8.87. The first kappa shape index (κ1) is 52.3. The molecule has 0 radical (unpaired) electrons. The monoisotopic (exact) mass is 1250 g/mol. The Morgan fingerprint density at radius 1 is 0.323 bits per heavy atom. The lowest BCUT2D eigenvalue weighted by Gasteiger charge is -2.14. The third-order valence-electron chi connectivity index (χ3n) is 19.5. The molecule has 3 aliphatic carbocycles. The van der Waals surface area contributed by atoms with Gasteiger partial charge in [-0.1, -0.05) is 130 Å². The van der Waals surface area contributed by atoms with E-state index in [2.05, 4.69) is 143 Å². The van der Waals surface area contributed by atoms with Crippen LogP contribution in [0.3, 0.4) is 0 Å². The van der Waals surface area contributed by atoms with Gasteiger partial charge in [-0.05, 0) is 218 Å². The Hall–Kier alpha value is -8.15. The summed E-state index contributed by atoms with van der Waals surface area (Å²) in [7, 11) is 9.58. The van der Waals surface area contributed by atoms with E-state index in [0.717, 1.165) is 94.8 Å². The first-order chi connectivity index (χ1) is 50.1. The van der Waals surface area contributed by atoms with Crippen molar-refractivity contribution in [2.24, 2.45) is 35.2 Å². The van der Waals surface area contributed by atoms with Gasteiger partial charge in [0.2, 0.25) is 28.5 Å². The highest BCUT2D eigenvalue weighted by Gasteiger charge is 2.27. The summed E-state index contributed by atoms with van der Waals surface area (Å²) < 4.78 is 120. The number of nitrogens with zero attached hydrogens (tertiary/aromatic N) is 5. The molecule has 0 N–H and O–H groups in total. The molecule has 0 aliphatic heterocycles. The highest BCUT2D eigenvalue weighted by atomic mass is 15.0. The van der Waals surface area contributed by atoms with Crippen LogP contribution in [0.5, 0.6) is 0 Å². The van der Waals surface area contributed by atoms with Gasteiger partial charge in [0, 0.05) is 119 Å². The maximum Gasteiger partial charge on any atom is 0.212 e. The third kappa shape index (κ3) is 16.6. The quantitative estimate of drug-likeness (QED) is 0.135. The van der Waals surface area contributed by atoms with Crippen molar-refractivity contribution in [3.05, 3.63) is 266 Å². The van der Waals surface area contributed by atoms with E-state index in [1.54, 1.807) is 42.4 Å². The summed E-state index contributed by atoms with van der Waals surface area (Å²) in [6.45, 7) is 9.10. The topological polar surface area (TPSA) is 19.4 Å². The van der Waals surface area contributed by atoms with Crippen LogP contribution in [-0.2, 0) is 35.2 Å². The number of aryl methyl sites for hydroxylation is 14. The standard InChI is InChI=1S/3C19H24N.C16H20N.C15H18N/c1-14-8-4-7-11-17(14)19-12-18(15(2)13-20(19)3)16-9-5-6-10-16;2*1-14-8-4-7-11-17(14)19-12-15(2)18(13-20(19)3)16-9-5-6-10-16;1-11-8-6-7-9-15(11)16-10-12(2)13(3)14(4)17(16)5;1-11-9-13(3)16(4)15(10-11)14-8-6-5-7-12(14)2/h3*4,7-8,11-13,16H,5-6,9-10H2,1-3H3;6-10H,1-5H3;5-10H,1-4H3/q5*+1/i2D3,16D;16D;;3D3,4D3;3D3. The van der Waals surface area contributed by atoms with Crippen LogP contribution in [0.25, 0.3) is 56.3 Å². The van der Waals surface area contributed by atoms with Crippen molar-refractivity contribution in [2.75, 3.05) is 0 Å². The molecule has 0 spiro atoms. The molecular formula is C88H110N5+5. The minimum atomic E-state index is -2.51. The molecule has 0 unspecified atom stereocenters. The molecule has 10 aromatic rings. The fourth-order valence-electron chi connectivity index (χ4n) is 13.9. The number of hydrogen-bond acceptors (Lipinski definition) is 0. The average molecular weight is 1250 g/mol. The van der Waals surface area contributed by atoms with E-state index in [9.17, 15) is 0 Å². The van der Waals surface area contributed by atoms with Crippen LogP contribution in [0.4, 0.5) is 0 Å². The predicted molar refractivity (Wildman–Crippen MR) is 390 cm³/mol. The first-order valence-electron chi connectivity index (χ1n) is 40.6. The van der Waals surface area contributed by atoms with Crippen LogP contribution >= 0.6 is 0 Å². The van der Waals surface area contributed by atoms with E-state index >= 15 is 0 Å². The molecule has 0 amide bonds. The fourth-order valence-corrected chi connectivity index (χ4v) is 13.9. The number of aromatic nitrogens is 5. The van der Waals surface area contributed by atoms with Crippen LogP contribution in [0.1, 0.15) is 203 Å². The Kier molecular flexibility index (Phi) is 17.8. The number of rotatable bonds is 8. The maximum atomic E-state index is 8.87. The van der Waals surface area contributed by atoms with E-state index in [1.165, 1.54) is 93.4 Å². The summed E-state index contributed by atoms with van der Waals surface area (Å²) in [5, 5.41) is 0. The number of hydrogen-bond donors (Lipinski definition) is 0. The van der Waals surface area contributed by atoms with Gasteiger partial charge in [0.25, 0.3) is 0 Å². The zero-order chi connectivity index (χ0) is 78.5. The van der Waals surface area contributed by atoms with Crippen LogP contribution in [0.15, 0.2) is 176 Å². The Bertz CT molecular complexity index is 4810. The SMILES string of the molecule is Cc1ccccc1-c1cc(C)c(C2CCCC2)c[n+]1C.[2H]C([2H])([2H])c1c(C)cc(-c2ccccc2C)[n+](C)c1C([2H])([2H])[2H].[2H]C([2H])([2H])c1c[n+](C)c(-c2ccccc2C)cc1C1([2H])CCCC1.[2H]C([2H])([2H])c1cc(C)cc(-c2ccccc2C)[n+]1C.[2H]C1(c2c[n+](C)c(-c3ccccc3C)cc2C)CCCC1. The van der Waals surface area contributed by atoms with E-state index in [0.29, 0.717) is 28.1 Å². The van der Waals surface area contributed by atoms with Crippen molar-refractivity contribution in [1.82, 2.24) is 0 Å². The first-order valence-corrected chi connectivity index (χ1v) is 33.6. The van der Waals surface area contributed by atoms with Crippen LogP contribution in [0, 0.1) is 89.7 Å². The second kappa shape index (κ2) is 31.7. The summed E-state index contributed by atoms with van der Waals surface area (Å²) in [5.74, 6) is -0.367. The fraction of sp³-hybridized carbons (Fsp3) is 0.375. The Morgan fingerprint density at radius 3 is 1.13 bits per heavy atom. The van der Waals surface area contributed by atoms with Gasteiger partial charge >= 0.3 is 0 Å². The minimum Gasteiger partial charge on any atom is -0.201 e. The van der Waals surface area contributed by atoms with E-state index in [1.807, 2.05) is 112 Å². The van der Waals surface area contributed by atoms with Crippen LogP contribution < -0.4 is 22.8 Å². The molecule has 0 saturated heterocycles. The van der Waals surface area contributed by atoms with Crippen LogP contribution in [-0.4, -0.2) is 0 Å². The van der Waals surface area contributed by atoms with Crippen molar-refractivity contribution in [3.8, 4) is 56.3 Å². The minimum absolute atomic E-state index is 0.0858. The predicted octanol–water partition coefficient (Wildman–Crippen LogP) is 19.9. The summed E-state index contributed by atoms with van der Waals surface area (Å²) in [5.41, 5.74) is 24.8. The van der Waals surface area contributed by atoms with Gasteiger partial charge in [-0.25, -0.2) is 13.7 Å². The van der Waals surface area contributed by atoms with Gasteiger partial charge in [-0.3, -0.25) is 0 Å². The molecule has 5 aromatic heterocycles. The summed E-state index contributed by atoms with van der Waals surface area (Å²) >= 11 is 0. The summed E-state index contributed by atoms with van der Waals surface area (Å²) in [4.78, 5) is 0. The summed E-state index contributed by atoms with van der Waals surface area (Å²) in [6, 6.07) is 53.0. The smallest absolute Gasteiger partial charge is 0.201 e. The normalized spacial score (nSPS) is 17.4. The number of pyridine rings is 5. The van der Waals surface area contributed by atoms with E-state index < -0.39 is 33.3 Å². The lowest BCUT2D eigenvalue weighted by molar-refractivity contribution is -0.667. The molecule has 5 heterocycles. The van der Waals surface area contributed by atoms with Crippen molar-refractivity contribution in [1.29, 1.82) is 0 Å². The molecule has 5 aromatic carbocycles. The highest BCUT2D eigenvalue weighted by Crippen LogP contribution is 2.39. The van der Waals surface area contributed by atoms with Crippen molar-refractivity contribution in [2.45, 2.75) is 184 Å². The van der Waals surface area contributed by atoms with Crippen LogP contribution in [0.2, 0.25) is 0 Å². The molecule has 0 atom stereocenters. The molecule has 5 nitrogen and oxygen atoms in total. The molecule has 5 heteroatoms. The second-order valence-electron chi connectivity index (χ2n) is 26.4. The average Bonchev–Trinajstić information content (AvgIpc) is 1.64. The van der Waals surface area contributed by atoms with Crippen molar-refractivity contribution in [3.63, 3.8) is 0 Å². The highest BCUT2D eigenvalue weighted by molar-refractivity contribution is 5.65. The van der Waals surface area contributed by atoms with Gasteiger partial charge in [0.15, 0.2) is 30.0 Å². The van der Waals surface area contributed by atoms with Crippen molar-refractivity contribution < 1.29 is 42.0 Å². The molecule has 0 bridgehead atoms. The second-order valence-corrected chi connectivity index (χ2v) is 26.4. The molecular weight excluding hydrogens is 1130 g/mol. The van der Waals surface area contributed by atoms with Gasteiger partial charge in [-0.2, -0.15) is 9.13 Å². The Morgan fingerprint density at radius 2 is 0.699 bits per heavy atom. The zero-order valence-electron chi connectivity index (χ0n) is 72.0. The lowest BCUT2D eigenvalue weighted by Crippen LogP contribution is -2.36.